The van der Waals surface area contributed by atoms with Gasteiger partial charge in [-0.05, 0) is 19.1 Å². The third-order valence-electron chi connectivity index (χ3n) is 3.96. The molecule has 7 heteroatoms. The number of rotatable bonds is 4. The van der Waals surface area contributed by atoms with Crippen LogP contribution in [-0.2, 0) is 9.53 Å². The minimum atomic E-state index is 0.115. The van der Waals surface area contributed by atoms with E-state index in [1.807, 2.05) is 6.92 Å². The fraction of sp³-hybridized carbons (Fsp3) is 0.111. The van der Waals surface area contributed by atoms with Crippen LogP contribution in [0, 0.1) is 6.92 Å². The molecule has 0 saturated heterocycles. The van der Waals surface area contributed by atoms with Crippen LogP contribution in [0.3, 0.4) is 0 Å². The van der Waals surface area contributed by atoms with Crippen LogP contribution in [0.1, 0.15) is 22.5 Å². The van der Waals surface area contributed by atoms with E-state index in [2.05, 4.69) is 21.5 Å². The molecule has 0 atom stereocenters. The van der Waals surface area contributed by atoms with Gasteiger partial charge in [0.15, 0.2) is 5.94 Å². The molecule has 0 bridgehead atoms. The lowest BCUT2D eigenvalue weighted by atomic mass is 10.0. The van der Waals surface area contributed by atoms with E-state index < -0.39 is 0 Å². The number of methoxy groups -OCH3 is 1. The van der Waals surface area contributed by atoms with Gasteiger partial charge < -0.3 is 15.5 Å². The number of nitrogens with one attached hydrogen (secondary N) is 1. The number of hydrogen-bond donors (Lipinski definition) is 2. The molecule has 3 aromatic rings. The fourth-order valence-corrected chi connectivity index (χ4v) is 3.05. The number of hydrogen-bond acceptors (Lipinski definition) is 5. The second kappa shape index (κ2) is 6.43. The molecule has 0 unspecified atom stereocenters. The first kappa shape index (κ1) is 16.8. The van der Waals surface area contributed by atoms with Gasteiger partial charge in [0.25, 0.3) is 0 Å². The van der Waals surface area contributed by atoms with E-state index in [1.54, 1.807) is 24.1 Å². The van der Waals surface area contributed by atoms with E-state index in [-0.39, 0.29) is 5.76 Å². The van der Waals surface area contributed by atoms with Crippen molar-refractivity contribution in [3.8, 4) is 0 Å². The van der Waals surface area contributed by atoms with Crippen molar-refractivity contribution in [1.82, 2.24) is 15.0 Å². The minimum absolute atomic E-state index is 0.115. The lowest BCUT2D eigenvalue weighted by Crippen LogP contribution is -2.02. The molecule has 0 aliphatic heterocycles. The molecule has 0 aliphatic carbocycles. The van der Waals surface area contributed by atoms with Gasteiger partial charge in [0, 0.05) is 27.6 Å². The third kappa shape index (κ3) is 2.78. The zero-order valence-corrected chi connectivity index (χ0v) is 14.4. The maximum absolute atomic E-state index is 10.9. The molecular formula is C18H15ClN4O2. The van der Waals surface area contributed by atoms with Gasteiger partial charge in [-0.2, -0.15) is 0 Å². The van der Waals surface area contributed by atoms with Crippen molar-refractivity contribution in [2.75, 3.05) is 12.8 Å². The number of H-pyrrole nitrogens is 1. The quantitative estimate of drug-likeness (QED) is 0.553. The summed E-state index contributed by atoms with van der Waals surface area (Å²) in [4.78, 5) is 22.3. The number of nitrogen functional groups attached to an aromatic ring is 1. The van der Waals surface area contributed by atoms with Gasteiger partial charge in [-0.25, -0.2) is 14.8 Å². The summed E-state index contributed by atoms with van der Waals surface area (Å²) in [5, 5.41) is 1.29. The first-order chi connectivity index (χ1) is 12.0. The van der Waals surface area contributed by atoms with Crippen molar-refractivity contribution in [1.29, 1.82) is 0 Å². The van der Waals surface area contributed by atoms with Crippen LogP contribution in [0.4, 0.5) is 5.82 Å². The van der Waals surface area contributed by atoms with E-state index in [9.17, 15) is 4.79 Å². The monoisotopic (exact) mass is 354 g/mol. The zero-order chi connectivity index (χ0) is 18.1. The average Bonchev–Trinajstić information content (AvgIpc) is 2.92. The topological polar surface area (TPSA) is 93.9 Å². The van der Waals surface area contributed by atoms with E-state index in [0.29, 0.717) is 38.9 Å². The molecule has 0 saturated carbocycles. The van der Waals surface area contributed by atoms with Gasteiger partial charge in [-0.15, -0.1) is 0 Å². The lowest BCUT2D eigenvalue weighted by molar-refractivity contribution is 0.371. The smallest absolute Gasteiger partial charge is 0.210 e. The van der Waals surface area contributed by atoms with Crippen molar-refractivity contribution in [3.63, 3.8) is 0 Å². The van der Waals surface area contributed by atoms with Gasteiger partial charge in [0.1, 0.15) is 12.1 Å². The Morgan fingerprint density at radius 1 is 1.40 bits per heavy atom. The highest BCUT2D eigenvalue weighted by atomic mass is 35.5. The van der Waals surface area contributed by atoms with Crippen LogP contribution in [0.2, 0.25) is 5.02 Å². The van der Waals surface area contributed by atoms with Gasteiger partial charge >= 0.3 is 0 Å². The molecule has 1 aromatic carbocycles. The molecule has 126 valence electrons. The maximum Gasteiger partial charge on any atom is 0.210 e. The van der Waals surface area contributed by atoms with E-state index in [1.165, 1.54) is 13.4 Å². The van der Waals surface area contributed by atoms with Crippen LogP contribution in [0.25, 0.3) is 22.2 Å². The first-order valence-electron chi connectivity index (χ1n) is 7.35. The standard InChI is InChI=1S/C18H15ClN4O2/c1-9(15-10(2)21-8-22-18(15)20)17-16(19)12-5-4-11(6-13(12)23-17)14(7-24)25-3/h4-6,8,23H,1H2,2-3H3,(H2,20,21,22). The van der Waals surface area contributed by atoms with Crippen molar-refractivity contribution in [3.05, 3.63) is 58.6 Å². The largest absolute Gasteiger partial charge is 0.486 e. The summed E-state index contributed by atoms with van der Waals surface area (Å²) >= 11 is 6.52. The Labute approximate surface area is 149 Å². The van der Waals surface area contributed by atoms with Crippen LogP contribution >= 0.6 is 11.6 Å². The average molecular weight is 355 g/mol. The molecule has 0 amide bonds. The Balaban J connectivity index is 2.16. The van der Waals surface area contributed by atoms with Crippen molar-refractivity contribution in [2.24, 2.45) is 0 Å². The highest BCUT2D eigenvalue weighted by Gasteiger charge is 2.18. The zero-order valence-electron chi connectivity index (χ0n) is 13.7. The summed E-state index contributed by atoms with van der Waals surface area (Å²) in [6.07, 6.45) is 1.40. The van der Waals surface area contributed by atoms with Crippen molar-refractivity contribution >= 4 is 45.6 Å². The summed E-state index contributed by atoms with van der Waals surface area (Å²) < 4.78 is 5.02. The van der Waals surface area contributed by atoms with Crippen LogP contribution in [-0.4, -0.2) is 28.0 Å². The highest BCUT2D eigenvalue weighted by Crippen LogP contribution is 2.36. The predicted molar refractivity (Wildman–Crippen MR) is 98.7 cm³/mol. The molecule has 0 aliphatic rings. The number of carbonyl (C=O) groups excluding carboxylic acids is 1. The molecule has 25 heavy (non-hydrogen) atoms. The SMILES string of the molecule is C=C(c1[nH]c2cc(C(=C=O)OC)ccc2c1Cl)c1c(C)ncnc1N. The Bertz CT molecular complexity index is 1030. The minimum Gasteiger partial charge on any atom is -0.486 e. The number of ether oxygens (including phenoxy) is 1. The second-order valence-corrected chi connectivity index (χ2v) is 5.79. The van der Waals surface area contributed by atoms with E-state index in [4.69, 9.17) is 22.1 Å². The summed E-state index contributed by atoms with van der Waals surface area (Å²) in [5.74, 6) is 2.21. The van der Waals surface area contributed by atoms with Gasteiger partial charge in [-0.3, -0.25) is 0 Å². The normalized spacial score (nSPS) is 10.5. The predicted octanol–water partition coefficient (Wildman–Crippen LogP) is 3.38. The number of aryl methyl sites for hydroxylation is 1. The highest BCUT2D eigenvalue weighted by molar-refractivity contribution is 6.37. The molecule has 3 rings (SSSR count). The first-order valence-corrected chi connectivity index (χ1v) is 7.73. The summed E-state index contributed by atoms with van der Waals surface area (Å²) in [5.41, 5.74) is 9.86. The molecule has 2 aromatic heterocycles. The Morgan fingerprint density at radius 3 is 2.80 bits per heavy atom. The van der Waals surface area contributed by atoms with E-state index >= 15 is 0 Å². The summed E-state index contributed by atoms with van der Waals surface area (Å²) in [6.45, 7) is 5.92. The van der Waals surface area contributed by atoms with Gasteiger partial charge in [0.2, 0.25) is 5.76 Å². The molecular weight excluding hydrogens is 340 g/mol. The Hall–Kier alpha value is -3.08. The molecule has 2 heterocycles. The number of aromatic amines is 1. The fourth-order valence-electron chi connectivity index (χ4n) is 2.72. The van der Waals surface area contributed by atoms with E-state index in [0.717, 1.165) is 10.9 Å². The molecule has 6 nitrogen and oxygen atoms in total. The Morgan fingerprint density at radius 2 is 2.16 bits per heavy atom. The second-order valence-electron chi connectivity index (χ2n) is 5.41. The third-order valence-corrected chi connectivity index (χ3v) is 4.36. The Kier molecular flexibility index (Phi) is 4.31. The number of halogens is 1. The van der Waals surface area contributed by atoms with Crippen molar-refractivity contribution < 1.29 is 9.53 Å². The number of nitrogens with two attached hydrogens (primary N) is 1. The maximum atomic E-state index is 10.9. The molecule has 0 fully saturated rings. The van der Waals surface area contributed by atoms with Crippen LogP contribution in [0.15, 0.2) is 31.1 Å². The summed E-state index contributed by atoms with van der Waals surface area (Å²) in [7, 11) is 1.42. The lowest BCUT2D eigenvalue weighted by Gasteiger charge is -2.09. The van der Waals surface area contributed by atoms with Crippen LogP contribution < -0.4 is 5.73 Å². The number of nitrogens with zero attached hydrogens (tertiary/aromatic N) is 2. The van der Waals surface area contributed by atoms with Crippen molar-refractivity contribution in [2.45, 2.75) is 6.92 Å². The van der Waals surface area contributed by atoms with Crippen LogP contribution in [0.5, 0.6) is 0 Å². The number of benzene rings is 1. The molecule has 3 N–H and O–H groups in total. The molecule has 0 radical (unpaired) electrons. The number of anilines is 1. The number of aromatic nitrogens is 3. The number of fused-ring (bicyclic) bond motifs is 1. The summed E-state index contributed by atoms with van der Waals surface area (Å²) in [6, 6.07) is 5.30. The van der Waals surface area contributed by atoms with Gasteiger partial charge in [-0.1, -0.05) is 24.2 Å². The van der Waals surface area contributed by atoms with Gasteiger partial charge in [0.05, 0.1) is 23.5 Å². The molecule has 0 spiro atoms.